The molecule has 1 heterocycles. The van der Waals surface area contributed by atoms with Crippen molar-refractivity contribution in [2.45, 2.75) is 63.6 Å². The minimum Gasteiger partial charge on any atom is -0.392 e. The van der Waals surface area contributed by atoms with Gasteiger partial charge in [-0.25, -0.2) is 8.93 Å². The predicted octanol–water partition coefficient (Wildman–Crippen LogP) is 3.00. The van der Waals surface area contributed by atoms with Gasteiger partial charge >= 0.3 is 12.1 Å². The van der Waals surface area contributed by atoms with Crippen LogP contribution in [0.2, 0.25) is 0 Å². The molecule has 1 aromatic rings. The molecule has 0 aromatic heterocycles. The molecule has 1 saturated heterocycles. The van der Waals surface area contributed by atoms with Crippen LogP contribution in [0.4, 0.5) is 13.2 Å². The Bertz CT molecular complexity index is 812. The number of fused-ring (bicyclic) bond motifs is 1. The number of alkyl halides is 3. The van der Waals surface area contributed by atoms with Crippen LogP contribution >= 0.6 is 0 Å². The highest BCUT2D eigenvalue weighted by Crippen LogP contribution is 2.52. The summed E-state index contributed by atoms with van der Waals surface area (Å²) < 4.78 is 54.0. The van der Waals surface area contributed by atoms with Crippen molar-refractivity contribution in [1.29, 1.82) is 0 Å². The van der Waals surface area contributed by atoms with Gasteiger partial charge in [-0.15, -0.1) is 0 Å². The lowest BCUT2D eigenvalue weighted by Crippen LogP contribution is -2.51. The molecule has 2 aliphatic rings. The zero-order chi connectivity index (χ0) is 21.6. The molecule has 0 unspecified atom stereocenters. The van der Waals surface area contributed by atoms with Crippen molar-refractivity contribution in [2.24, 2.45) is 5.41 Å². The first-order chi connectivity index (χ1) is 13.4. The lowest BCUT2D eigenvalue weighted by Gasteiger charge is -2.44. The first-order valence-corrected chi connectivity index (χ1v) is 10.8. The molecular weight excluding hydrogens is 405 g/mol. The van der Waals surface area contributed by atoms with Crippen molar-refractivity contribution in [3.05, 3.63) is 34.9 Å². The number of aliphatic hydroxyl groups excluding tert-OH is 1. The monoisotopic (exact) mass is 432 g/mol. The van der Waals surface area contributed by atoms with E-state index in [9.17, 15) is 27.3 Å². The Kier molecular flexibility index (Phi) is 5.88. The number of halogens is 3. The summed E-state index contributed by atoms with van der Waals surface area (Å²) in [6, 6.07) is 5.33. The molecule has 162 valence electrons. The fraction of sp³-hybridized carbons (Fsp3) is 0.650. The number of rotatable bonds is 3. The van der Waals surface area contributed by atoms with Crippen LogP contribution in [0, 0.1) is 5.41 Å². The average molecular weight is 433 g/mol. The number of carbonyl (C=O) groups is 1. The highest BCUT2D eigenvalue weighted by atomic mass is 32.2. The largest absolute Gasteiger partial charge is 0.471 e. The molecule has 5 nitrogen and oxygen atoms in total. The highest BCUT2D eigenvalue weighted by Gasteiger charge is 2.51. The molecule has 3 rings (SSSR count). The van der Waals surface area contributed by atoms with E-state index < -0.39 is 33.2 Å². The number of benzene rings is 1. The van der Waals surface area contributed by atoms with Gasteiger partial charge in [-0.2, -0.15) is 13.2 Å². The molecule has 29 heavy (non-hydrogen) atoms. The van der Waals surface area contributed by atoms with Gasteiger partial charge in [-0.1, -0.05) is 18.2 Å². The molecule has 1 aliphatic heterocycles. The third kappa shape index (κ3) is 4.36. The highest BCUT2D eigenvalue weighted by molar-refractivity contribution is 7.84. The molecule has 9 heteroatoms. The van der Waals surface area contributed by atoms with Crippen molar-refractivity contribution in [3.8, 4) is 0 Å². The Balaban J connectivity index is 1.89. The first kappa shape index (κ1) is 22.2. The number of amides is 1. The lowest BCUT2D eigenvalue weighted by atomic mass is 9.73. The maximum atomic E-state index is 12.9. The van der Waals surface area contributed by atoms with Crippen LogP contribution in [0.25, 0.3) is 0 Å². The second-order valence-corrected chi connectivity index (χ2v) is 11.0. The Hall–Kier alpha value is -1.45. The fourth-order valence-corrected chi connectivity index (χ4v) is 5.20. The van der Waals surface area contributed by atoms with Gasteiger partial charge in [0, 0.05) is 13.1 Å². The molecular formula is C20H27F3N2O3S. The second-order valence-electron chi connectivity index (χ2n) is 8.95. The van der Waals surface area contributed by atoms with E-state index >= 15 is 0 Å². The third-order valence-corrected chi connectivity index (χ3v) is 7.49. The van der Waals surface area contributed by atoms with Gasteiger partial charge in [0.15, 0.2) is 0 Å². The van der Waals surface area contributed by atoms with Crippen LogP contribution in [0.1, 0.15) is 56.3 Å². The van der Waals surface area contributed by atoms with Gasteiger partial charge in [0.1, 0.15) is 0 Å². The Labute approximate surface area is 171 Å². The van der Waals surface area contributed by atoms with Crippen LogP contribution in [0.3, 0.4) is 0 Å². The van der Waals surface area contributed by atoms with Crippen LogP contribution < -0.4 is 4.72 Å². The summed E-state index contributed by atoms with van der Waals surface area (Å²) in [7, 11) is -1.38. The van der Waals surface area contributed by atoms with Gasteiger partial charge in [-0.3, -0.25) is 4.79 Å². The molecule has 2 atom stereocenters. The van der Waals surface area contributed by atoms with Crippen molar-refractivity contribution >= 4 is 16.9 Å². The fourth-order valence-electron chi connectivity index (χ4n) is 4.26. The molecule has 1 amide bonds. The number of hydrogen-bond donors (Lipinski definition) is 2. The summed E-state index contributed by atoms with van der Waals surface area (Å²) in [4.78, 5) is 12.5. The van der Waals surface area contributed by atoms with E-state index in [1.807, 2.05) is 39.0 Å². The maximum absolute atomic E-state index is 12.9. The van der Waals surface area contributed by atoms with Crippen LogP contribution in [0.15, 0.2) is 18.2 Å². The molecule has 1 aliphatic carbocycles. The van der Waals surface area contributed by atoms with E-state index in [4.69, 9.17) is 0 Å². The minimum absolute atomic E-state index is 0.0134. The summed E-state index contributed by atoms with van der Waals surface area (Å²) in [6.07, 6.45) is -3.46. The van der Waals surface area contributed by atoms with E-state index in [2.05, 4.69) is 4.72 Å². The number of likely N-dealkylation sites (tertiary alicyclic amines) is 1. The predicted molar refractivity (Wildman–Crippen MR) is 104 cm³/mol. The summed E-state index contributed by atoms with van der Waals surface area (Å²) in [5.41, 5.74) is 2.30. The normalized spacial score (nSPS) is 22.6. The molecule has 1 fully saturated rings. The third-order valence-electron chi connectivity index (χ3n) is 5.93. The molecule has 0 saturated carbocycles. The molecule has 1 spiro atoms. The number of piperidine rings is 1. The number of aliphatic hydroxyl groups is 1. The van der Waals surface area contributed by atoms with Gasteiger partial charge in [0.05, 0.1) is 28.4 Å². The Morgan fingerprint density at radius 3 is 2.41 bits per heavy atom. The molecule has 1 aromatic carbocycles. The second kappa shape index (κ2) is 7.67. The Morgan fingerprint density at radius 1 is 1.28 bits per heavy atom. The minimum atomic E-state index is -4.87. The van der Waals surface area contributed by atoms with Gasteiger partial charge < -0.3 is 10.0 Å². The van der Waals surface area contributed by atoms with Crippen molar-refractivity contribution in [1.82, 2.24) is 9.62 Å². The summed E-state index contributed by atoms with van der Waals surface area (Å²) >= 11 is 0. The smallest absolute Gasteiger partial charge is 0.392 e. The summed E-state index contributed by atoms with van der Waals surface area (Å²) in [5.74, 6) is -1.80. The number of nitrogens with one attached hydrogen (secondary N) is 1. The standard InChI is InChI=1S/C20H27F3N2O3S/c1-18(2,3)29(28)24-16-15-10-13(12-26)4-5-14(15)11-19(16)6-8-25(9-7-19)17(27)20(21,22)23/h4-5,10,16,24,26H,6-9,11-12H2,1-3H3/t16-,29-/m1/s1. The quantitative estimate of drug-likeness (QED) is 0.772. The molecule has 0 radical (unpaired) electrons. The molecule has 0 bridgehead atoms. The number of nitrogens with zero attached hydrogens (tertiary/aromatic N) is 1. The van der Waals surface area contributed by atoms with E-state index in [-0.39, 0.29) is 25.7 Å². The van der Waals surface area contributed by atoms with Crippen molar-refractivity contribution < 1.29 is 27.3 Å². The summed E-state index contributed by atoms with van der Waals surface area (Å²) in [6.45, 7) is 5.47. The maximum Gasteiger partial charge on any atom is 0.471 e. The van der Waals surface area contributed by atoms with E-state index in [1.54, 1.807) is 0 Å². The average Bonchev–Trinajstić information content (AvgIpc) is 2.92. The molecule has 2 N–H and O–H groups in total. The van der Waals surface area contributed by atoms with Crippen molar-refractivity contribution in [2.75, 3.05) is 13.1 Å². The number of carbonyl (C=O) groups excluding carboxylic acids is 1. The van der Waals surface area contributed by atoms with Crippen molar-refractivity contribution in [3.63, 3.8) is 0 Å². The van der Waals surface area contributed by atoms with E-state index in [0.29, 0.717) is 19.3 Å². The van der Waals surface area contributed by atoms with Crippen LogP contribution in [-0.2, 0) is 28.8 Å². The first-order valence-electron chi connectivity index (χ1n) is 9.64. The SMILES string of the molecule is CC(C)(C)[S@@](=O)N[C@@H]1c2cc(CO)ccc2CC12CCN(C(=O)C(F)(F)F)CC2. The van der Waals surface area contributed by atoms with Gasteiger partial charge in [0.25, 0.3) is 0 Å². The van der Waals surface area contributed by atoms with Crippen LogP contribution in [-0.4, -0.2) is 44.1 Å². The van der Waals surface area contributed by atoms with Gasteiger partial charge in [-0.05, 0) is 62.1 Å². The Morgan fingerprint density at radius 2 is 1.90 bits per heavy atom. The number of hydrogen-bond acceptors (Lipinski definition) is 3. The zero-order valence-electron chi connectivity index (χ0n) is 16.8. The van der Waals surface area contributed by atoms with Gasteiger partial charge in [0.2, 0.25) is 0 Å². The van der Waals surface area contributed by atoms with E-state index in [0.717, 1.165) is 21.6 Å². The lowest BCUT2D eigenvalue weighted by molar-refractivity contribution is -0.187. The summed E-state index contributed by atoms with van der Waals surface area (Å²) in [5, 5.41) is 9.51. The zero-order valence-corrected chi connectivity index (χ0v) is 17.6. The van der Waals surface area contributed by atoms with Crippen LogP contribution in [0.5, 0.6) is 0 Å². The van der Waals surface area contributed by atoms with E-state index in [1.165, 1.54) is 0 Å². The topological polar surface area (TPSA) is 69.6 Å².